The van der Waals surface area contributed by atoms with Crippen molar-refractivity contribution in [2.24, 2.45) is 0 Å². The van der Waals surface area contributed by atoms with Crippen LogP contribution in [0.25, 0.3) is 0 Å². The van der Waals surface area contributed by atoms with Gasteiger partial charge in [-0.25, -0.2) is 4.57 Å². The first kappa shape index (κ1) is 53.4. The van der Waals surface area contributed by atoms with Crippen LogP contribution >= 0.6 is 7.82 Å². The Morgan fingerprint density at radius 1 is 0.500 bits per heavy atom. The zero-order valence-electron chi connectivity index (χ0n) is 35.5. The zero-order valence-corrected chi connectivity index (χ0v) is 36.4. The third-order valence-corrected chi connectivity index (χ3v) is 12.0. The van der Waals surface area contributed by atoms with Gasteiger partial charge in [-0.05, 0) is 12.8 Å². The van der Waals surface area contributed by atoms with Crippen molar-refractivity contribution in [3.8, 4) is 0 Å². The van der Waals surface area contributed by atoms with Crippen LogP contribution in [0.2, 0.25) is 0 Å². The minimum Gasteiger partial charge on any atom is -0.457 e. The van der Waals surface area contributed by atoms with Crippen molar-refractivity contribution >= 4 is 13.8 Å². The van der Waals surface area contributed by atoms with Gasteiger partial charge in [-0.1, -0.05) is 187 Å². The highest BCUT2D eigenvalue weighted by Crippen LogP contribution is 2.47. The fraction of sp³-hybridized carbons (Fsp3) is 0.977. The number of carbonyl (C=O) groups excluding carboxylic acids is 1. The molecule has 6 N–H and O–H groups in total. The fourth-order valence-electron chi connectivity index (χ4n) is 7.30. The van der Waals surface area contributed by atoms with Crippen LogP contribution < -0.4 is 0 Å². The summed E-state index contributed by atoms with van der Waals surface area (Å²) in [5.74, 6) is -0.472. The second-order valence-electron chi connectivity index (χ2n) is 16.3. The van der Waals surface area contributed by atoms with E-state index in [0.29, 0.717) is 13.0 Å². The number of rotatable bonds is 39. The monoisotopic (exact) mass is 825 g/mol. The van der Waals surface area contributed by atoms with Crippen molar-refractivity contribution in [2.75, 3.05) is 19.8 Å². The molecule has 1 rings (SSSR count). The van der Waals surface area contributed by atoms with E-state index in [-0.39, 0.29) is 13.0 Å². The normalized spacial score (nSPS) is 22.9. The van der Waals surface area contributed by atoms with Crippen LogP contribution in [-0.2, 0) is 27.9 Å². The predicted octanol–water partition coefficient (Wildman–Crippen LogP) is 8.98. The van der Waals surface area contributed by atoms with Crippen molar-refractivity contribution in [2.45, 2.75) is 249 Å². The zero-order chi connectivity index (χ0) is 41.3. The number of hydrogen-bond acceptors (Lipinski definition) is 11. The van der Waals surface area contributed by atoms with Gasteiger partial charge in [0, 0.05) is 13.0 Å². The predicted molar refractivity (Wildman–Crippen MR) is 221 cm³/mol. The third-order valence-electron chi connectivity index (χ3n) is 11.0. The van der Waals surface area contributed by atoms with E-state index in [1.54, 1.807) is 0 Å². The molecular weight excluding hydrogens is 739 g/mol. The van der Waals surface area contributed by atoms with Gasteiger partial charge in [-0.15, -0.1) is 0 Å². The first-order valence-electron chi connectivity index (χ1n) is 22.9. The van der Waals surface area contributed by atoms with Crippen LogP contribution in [0.3, 0.4) is 0 Å². The van der Waals surface area contributed by atoms with Crippen LogP contribution in [0.4, 0.5) is 0 Å². The van der Waals surface area contributed by atoms with Crippen molar-refractivity contribution in [1.29, 1.82) is 0 Å². The molecule has 1 aliphatic carbocycles. The van der Waals surface area contributed by atoms with E-state index in [1.807, 2.05) is 0 Å². The van der Waals surface area contributed by atoms with Crippen LogP contribution in [0.5, 0.6) is 0 Å². The highest BCUT2D eigenvalue weighted by Gasteiger charge is 2.51. The topological polar surface area (TPSA) is 192 Å². The molecule has 1 saturated carbocycles. The average molecular weight is 825 g/mol. The summed E-state index contributed by atoms with van der Waals surface area (Å²) in [6.07, 6.45) is 23.2. The Hall–Kier alpha value is -0.660. The Bertz CT molecular complexity index is 942. The molecule has 0 spiro atoms. The van der Waals surface area contributed by atoms with Crippen LogP contribution in [0, 0.1) is 0 Å². The first-order valence-corrected chi connectivity index (χ1v) is 24.4. The van der Waals surface area contributed by atoms with Crippen LogP contribution in [0.15, 0.2) is 0 Å². The summed E-state index contributed by atoms with van der Waals surface area (Å²) in [5.41, 5.74) is 0. The van der Waals surface area contributed by atoms with Crippen LogP contribution in [0.1, 0.15) is 206 Å². The molecule has 0 aliphatic heterocycles. The van der Waals surface area contributed by atoms with Gasteiger partial charge in [0.05, 0.1) is 13.2 Å². The molecule has 334 valence electrons. The standard InChI is InChI=1S/C43H85O12P/c1-3-5-7-9-11-13-15-16-17-18-19-20-21-22-23-24-26-28-30-32-37(44)54-36(34-52-33-31-29-27-25-14-12-10-8-6-4-2)35-53-56(50,51)55-43-41(48)39(46)38(45)40(47)42(43)49/h36,38-43,45-49H,3-35H2,1-2H3,(H,50,51). The Balaban J connectivity index is 2.34. The van der Waals surface area contributed by atoms with E-state index in [4.69, 9.17) is 18.5 Å². The lowest BCUT2D eigenvalue weighted by Gasteiger charge is -2.41. The lowest BCUT2D eigenvalue weighted by atomic mass is 9.85. The van der Waals surface area contributed by atoms with Crippen LogP contribution in [-0.4, -0.2) is 98.9 Å². The van der Waals surface area contributed by atoms with Crippen molar-refractivity contribution in [3.05, 3.63) is 0 Å². The van der Waals surface area contributed by atoms with E-state index in [9.17, 15) is 39.8 Å². The molecule has 0 heterocycles. The number of phosphoric acid groups is 1. The highest BCUT2D eigenvalue weighted by molar-refractivity contribution is 7.47. The maximum absolute atomic E-state index is 12.8. The molecular formula is C43H85O12P. The maximum atomic E-state index is 12.8. The van der Waals surface area contributed by atoms with E-state index in [0.717, 1.165) is 38.5 Å². The minimum absolute atomic E-state index is 0.0688. The summed E-state index contributed by atoms with van der Waals surface area (Å²) in [7, 11) is -5.00. The molecule has 1 fully saturated rings. The van der Waals surface area contributed by atoms with Gasteiger partial charge in [0.2, 0.25) is 0 Å². The van der Waals surface area contributed by atoms with Crippen molar-refractivity contribution < 1.29 is 58.3 Å². The van der Waals surface area contributed by atoms with Crippen molar-refractivity contribution in [3.63, 3.8) is 0 Å². The molecule has 0 radical (unpaired) electrons. The lowest BCUT2D eigenvalue weighted by Crippen LogP contribution is -2.64. The molecule has 6 atom stereocenters. The number of hydrogen-bond donors (Lipinski definition) is 6. The number of aliphatic hydroxyl groups is 5. The fourth-order valence-corrected chi connectivity index (χ4v) is 8.27. The summed E-state index contributed by atoms with van der Waals surface area (Å²) >= 11 is 0. The van der Waals surface area contributed by atoms with Crippen molar-refractivity contribution in [1.82, 2.24) is 0 Å². The SMILES string of the molecule is CCCCCCCCCCCCCCCCCCCCCC(=O)OC(COCCCCCCCCCCCC)COP(=O)(O)OC1C(O)C(O)C(O)C(O)C1O. The smallest absolute Gasteiger partial charge is 0.457 e. The molecule has 0 saturated heterocycles. The van der Waals surface area contributed by atoms with E-state index in [1.165, 1.54) is 141 Å². The van der Waals surface area contributed by atoms with E-state index >= 15 is 0 Å². The van der Waals surface area contributed by atoms with Gasteiger partial charge >= 0.3 is 13.8 Å². The van der Waals surface area contributed by atoms with Gasteiger partial charge in [-0.2, -0.15) is 0 Å². The highest BCUT2D eigenvalue weighted by atomic mass is 31.2. The maximum Gasteiger partial charge on any atom is 0.472 e. The Morgan fingerprint density at radius 2 is 0.839 bits per heavy atom. The number of unbranched alkanes of at least 4 members (excludes halogenated alkanes) is 27. The molecule has 13 heteroatoms. The second-order valence-corrected chi connectivity index (χ2v) is 17.7. The number of phosphoric ester groups is 1. The molecule has 1 aliphatic rings. The molecule has 0 bridgehead atoms. The van der Waals surface area contributed by atoms with Gasteiger partial charge in [0.15, 0.2) is 0 Å². The number of aliphatic hydroxyl groups excluding tert-OH is 5. The lowest BCUT2D eigenvalue weighted by molar-refractivity contribution is -0.220. The number of ether oxygens (including phenoxy) is 2. The number of carbonyl (C=O) groups is 1. The largest absolute Gasteiger partial charge is 0.472 e. The van der Waals surface area contributed by atoms with Gasteiger partial charge in [0.1, 0.15) is 42.7 Å². The van der Waals surface area contributed by atoms with Gasteiger partial charge in [0.25, 0.3) is 0 Å². The summed E-state index contributed by atoms with van der Waals surface area (Å²) in [6, 6.07) is 0. The molecule has 12 nitrogen and oxygen atoms in total. The average Bonchev–Trinajstić information content (AvgIpc) is 3.18. The number of esters is 1. The minimum atomic E-state index is -5.00. The first-order chi connectivity index (χ1) is 27.0. The summed E-state index contributed by atoms with van der Waals surface area (Å²) in [6.45, 7) is 4.27. The van der Waals surface area contributed by atoms with E-state index < -0.39 is 63.1 Å². The molecule has 0 aromatic carbocycles. The summed E-state index contributed by atoms with van der Waals surface area (Å²) < 4.78 is 34.1. The second kappa shape index (κ2) is 35.1. The summed E-state index contributed by atoms with van der Waals surface area (Å²) in [5, 5.41) is 50.1. The quantitative estimate of drug-likeness (QED) is 0.0196. The van der Waals surface area contributed by atoms with E-state index in [2.05, 4.69) is 13.8 Å². The Kier molecular flexibility index (Phi) is 33.5. The van der Waals surface area contributed by atoms with Gasteiger partial charge < -0.3 is 39.9 Å². The molecule has 0 amide bonds. The third kappa shape index (κ3) is 27.2. The molecule has 56 heavy (non-hydrogen) atoms. The molecule has 0 aromatic heterocycles. The molecule has 0 aromatic rings. The Labute approximate surface area is 340 Å². The molecule has 6 unspecified atom stereocenters. The van der Waals surface area contributed by atoms with Gasteiger partial charge in [-0.3, -0.25) is 13.8 Å². The Morgan fingerprint density at radius 3 is 1.23 bits per heavy atom. The summed E-state index contributed by atoms with van der Waals surface area (Å²) in [4.78, 5) is 23.1.